The second kappa shape index (κ2) is 6.65. The lowest BCUT2D eigenvalue weighted by Crippen LogP contribution is -2.24. The van der Waals surface area contributed by atoms with E-state index in [0.29, 0.717) is 0 Å². The van der Waals surface area contributed by atoms with Crippen molar-refractivity contribution < 1.29 is 8.42 Å². The number of primary sulfonamides is 1. The molecule has 0 fully saturated rings. The number of hydrogen-bond acceptors (Lipinski definition) is 5. The third-order valence-corrected chi connectivity index (χ3v) is 5.10. The molecule has 0 spiro atoms. The smallest absolute Gasteiger partial charge is 0.238 e. The van der Waals surface area contributed by atoms with Gasteiger partial charge in [-0.15, -0.1) is 11.3 Å². The number of hydrogen-bond donors (Lipinski definition) is 2. The van der Waals surface area contributed by atoms with Gasteiger partial charge in [0.15, 0.2) is 0 Å². The summed E-state index contributed by atoms with van der Waals surface area (Å²) in [6, 6.07) is 6.86. The van der Waals surface area contributed by atoms with Gasteiger partial charge in [-0.3, -0.25) is 0 Å². The summed E-state index contributed by atoms with van der Waals surface area (Å²) < 4.78 is 22.8. The van der Waals surface area contributed by atoms with Crippen LogP contribution >= 0.6 is 11.3 Å². The van der Waals surface area contributed by atoms with Gasteiger partial charge in [-0.05, 0) is 31.0 Å². The Morgan fingerprint density at radius 3 is 2.76 bits per heavy atom. The molecule has 5 nitrogen and oxygen atoms in total. The topological polar surface area (TPSA) is 85.1 Å². The lowest BCUT2D eigenvalue weighted by molar-refractivity contribution is 0.454. The molecule has 3 N–H and O–H groups in total. The third kappa shape index (κ3) is 4.10. The molecule has 0 aliphatic heterocycles. The molecule has 2 aromatic rings. The minimum absolute atomic E-state index is 0.000509. The summed E-state index contributed by atoms with van der Waals surface area (Å²) in [5.41, 5.74) is 0.886. The molecule has 1 aromatic heterocycles. The molecule has 0 saturated heterocycles. The predicted octanol–water partition coefficient (Wildman–Crippen LogP) is 2.59. The van der Waals surface area contributed by atoms with Crippen LogP contribution in [0, 0.1) is 0 Å². The van der Waals surface area contributed by atoms with Gasteiger partial charge in [0, 0.05) is 17.6 Å². The average Bonchev–Trinajstić information content (AvgIpc) is 2.97. The van der Waals surface area contributed by atoms with Crippen LogP contribution in [0.4, 0.5) is 0 Å². The minimum atomic E-state index is -3.67. The van der Waals surface area contributed by atoms with Crippen molar-refractivity contribution in [3.8, 4) is 0 Å². The maximum atomic E-state index is 11.4. The second-order valence-electron chi connectivity index (χ2n) is 4.84. The highest BCUT2D eigenvalue weighted by molar-refractivity contribution is 7.89. The quantitative estimate of drug-likeness (QED) is 0.855. The Morgan fingerprint density at radius 2 is 2.19 bits per heavy atom. The predicted molar refractivity (Wildman–Crippen MR) is 84.5 cm³/mol. The van der Waals surface area contributed by atoms with Crippen molar-refractivity contribution in [3.63, 3.8) is 0 Å². The van der Waals surface area contributed by atoms with E-state index in [-0.39, 0.29) is 17.0 Å². The highest BCUT2D eigenvalue weighted by Crippen LogP contribution is 2.24. The van der Waals surface area contributed by atoms with Crippen LogP contribution in [-0.2, 0) is 10.0 Å². The van der Waals surface area contributed by atoms with E-state index in [4.69, 9.17) is 5.14 Å². The summed E-state index contributed by atoms with van der Waals surface area (Å²) >= 11 is 1.61. The van der Waals surface area contributed by atoms with E-state index >= 15 is 0 Å². The summed E-state index contributed by atoms with van der Waals surface area (Å²) in [4.78, 5) is 4.47. The Kier molecular flexibility index (Phi) is 5.10. The first kappa shape index (κ1) is 16.1. The highest BCUT2D eigenvalue weighted by atomic mass is 32.2. The fourth-order valence-electron chi connectivity index (χ4n) is 2.13. The lowest BCUT2D eigenvalue weighted by Gasteiger charge is -2.21. The number of sulfonamides is 1. The van der Waals surface area contributed by atoms with Crippen molar-refractivity contribution in [1.82, 2.24) is 10.3 Å². The molecule has 0 amide bonds. The molecule has 21 heavy (non-hydrogen) atoms. The van der Waals surface area contributed by atoms with Crippen LogP contribution in [0.3, 0.4) is 0 Å². The zero-order chi connectivity index (χ0) is 15.5. The monoisotopic (exact) mass is 325 g/mol. The molecule has 1 heterocycles. The summed E-state index contributed by atoms with van der Waals surface area (Å²) in [6.07, 6.45) is 2.70. The Balaban J connectivity index is 2.18. The number of nitrogens with zero attached hydrogens (tertiary/aromatic N) is 1. The number of thiazole rings is 1. The molecule has 0 aliphatic carbocycles. The number of nitrogens with one attached hydrogen (secondary N) is 1. The Hall–Kier alpha value is -1.28. The minimum Gasteiger partial charge on any atom is -0.301 e. The number of rotatable bonds is 6. The van der Waals surface area contributed by atoms with E-state index in [1.165, 1.54) is 6.07 Å². The van der Waals surface area contributed by atoms with Gasteiger partial charge in [0.05, 0.1) is 10.9 Å². The zero-order valence-electron chi connectivity index (χ0n) is 12.0. The van der Waals surface area contributed by atoms with Gasteiger partial charge >= 0.3 is 0 Å². The molecule has 2 atom stereocenters. The van der Waals surface area contributed by atoms with E-state index in [1.54, 1.807) is 29.7 Å². The third-order valence-electron chi connectivity index (χ3n) is 3.30. The molecular formula is C14H19N3O2S2. The number of benzene rings is 1. The Labute approximate surface area is 129 Å². The summed E-state index contributed by atoms with van der Waals surface area (Å²) in [7, 11) is -3.67. The second-order valence-corrected chi connectivity index (χ2v) is 7.32. The molecule has 0 saturated carbocycles. The summed E-state index contributed by atoms with van der Waals surface area (Å²) in [6.45, 7) is 4.09. The molecule has 0 aliphatic rings. The first-order valence-corrected chi connectivity index (χ1v) is 9.12. The van der Waals surface area contributed by atoms with Crippen molar-refractivity contribution >= 4 is 21.4 Å². The van der Waals surface area contributed by atoms with Gasteiger partial charge in [-0.2, -0.15) is 0 Å². The molecule has 2 unspecified atom stereocenters. The molecule has 2 rings (SSSR count). The summed E-state index contributed by atoms with van der Waals surface area (Å²) in [5.74, 6) is 0. The van der Waals surface area contributed by atoms with Gasteiger partial charge in [0.1, 0.15) is 5.01 Å². The number of aromatic nitrogens is 1. The fourth-order valence-corrected chi connectivity index (χ4v) is 3.48. The first-order chi connectivity index (χ1) is 9.91. The van der Waals surface area contributed by atoms with Crippen LogP contribution in [0.25, 0.3) is 0 Å². The standard InChI is InChI=1S/C14H19N3O2S2/c1-3-13(14-16-7-8-20-14)17-10(2)11-5-4-6-12(9-11)21(15,18)19/h4-10,13,17H,3H2,1-2H3,(H2,15,18,19). The largest absolute Gasteiger partial charge is 0.301 e. The van der Waals surface area contributed by atoms with Crippen molar-refractivity contribution in [3.05, 3.63) is 46.4 Å². The Morgan fingerprint density at radius 1 is 1.43 bits per heavy atom. The van der Waals surface area contributed by atoms with Crippen LogP contribution < -0.4 is 10.5 Å². The van der Waals surface area contributed by atoms with E-state index < -0.39 is 10.0 Å². The van der Waals surface area contributed by atoms with Gasteiger partial charge < -0.3 is 5.32 Å². The molecule has 0 bridgehead atoms. The lowest BCUT2D eigenvalue weighted by atomic mass is 10.1. The maximum Gasteiger partial charge on any atom is 0.238 e. The first-order valence-electron chi connectivity index (χ1n) is 6.70. The van der Waals surface area contributed by atoms with Crippen LogP contribution in [0.5, 0.6) is 0 Å². The van der Waals surface area contributed by atoms with Gasteiger partial charge in [0.2, 0.25) is 10.0 Å². The van der Waals surface area contributed by atoms with Crippen molar-refractivity contribution in [2.75, 3.05) is 0 Å². The molecular weight excluding hydrogens is 306 g/mol. The van der Waals surface area contributed by atoms with E-state index in [1.807, 2.05) is 18.4 Å². The van der Waals surface area contributed by atoms with Crippen molar-refractivity contribution in [2.24, 2.45) is 5.14 Å². The van der Waals surface area contributed by atoms with Crippen LogP contribution in [0.1, 0.15) is 42.9 Å². The summed E-state index contributed by atoms with van der Waals surface area (Å²) in [5, 5.41) is 11.6. The van der Waals surface area contributed by atoms with E-state index in [0.717, 1.165) is 17.0 Å². The van der Waals surface area contributed by atoms with Gasteiger partial charge in [0.25, 0.3) is 0 Å². The molecule has 7 heteroatoms. The fraction of sp³-hybridized carbons (Fsp3) is 0.357. The van der Waals surface area contributed by atoms with Crippen LogP contribution in [0.15, 0.2) is 40.7 Å². The van der Waals surface area contributed by atoms with Crippen molar-refractivity contribution in [2.45, 2.75) is 37.2 Å². The van der Waals surface area contributed by atoms with Gasteiger partial charge in [-0.1, -0.05) is 19.1 Å². The molecule has 114 valence electrons. The van der Waals surface area contributed by atoms with E-state index in [2.05, 4.69) is 17.2 Å². The molecule has 0 radical (unpaired) electrons. The van der Waals surface area contributed by atoms with Crippen LogP contribution in [0.2, 0.25) is 0 Å². The average molecular weight is 325 g/mol. The zero-order valence-corrected chi connectivity index (χ0v) is 13.6. The SMILES string of the molecule is CCC(NC(C)c1cccc(S(N)(=O)=O)c1)c1nccs1. The van der Waals surface area contributed by atoms with Crippen molar-refractivity contribution in [1.29, 1.82) is 0 Å². The normalized spacial score (nSPS) is 14.8. The molecule has 1 aromatic carbocycles. The Bertz CT molecular complexity index is 684. The van der Waals surface area contributed by atoms with Gasteiger partial charge in [-0.25, -0.2) is 18.5 Å². The van der Waals surface area contributed by atoms with E-state index in [9.17, 15) is 8.42 Å². The number of nitrogens with two attached hydrogens (primary N) is 1. The van der Waals surface area contributed by atoms with Crippen LogP contribution in [-0.4, -0.2) is 13.4 Å². The maximum absolute atomic E-state index is 11.4. The highest BCUT2D eigenvalue weighted by Gasteiger charge is 2.17.